The Kier molecular flexibility index (Phi) is 5.29. The number of ether oxygens (including phenoxy) is 1. The number of methoxy groups -OCH3 is 1. The molecule has 1 saturated heterocycles. The monoisotopic (exact) mass is 364 g/mol. The lowest BCUT2D eigenvalue weighted by molar-refractivity contribution is 0.415. The Morgan fingerprint density at radius 1 is 1.26 bits per heavy atom. The quantitative estimate of drug-likeness (QED) is 0.700. The van der Waals surface area contributed by atoms with E-state index in [0.29, 0.717) is 6.04 Å². The molecule has 0 unspecified atom stereocenters. The van der Waals surface area contributed by atoms with Crippen molar-refractivity contribution in [1.29, 1.82) is 0 Å². The van der Waals surface area contributed by atoms with Crippen LogP contribution in [0.25, 0.3) is 11.3 Å². The molecule has 4 rings (SSSR count). The molecule has 1 aliphatic heterocycles. The average molecular weight is 364 g/mol. The van der Waals surface area contributed by atoms with Gasteiger partial charge in [-0.1, -0.05) is 0 Å². The van der Waals surface area contributed by atoms with Crippen LogP contribution in [0.2, 0.25) is 0 Å². The maximum absolute atomic E-state index is 5.24. The first kappa shape index (κ1) is 17.5. The zero-order valence-corrected chi connectivity index (χ0v) is 15.4. The molecule has 0 amide bonds. The van der Waals surface area contributed by atoms with Crippen LogP contribution in [0.4, 0.5) is 5.82 Å². The smallest absolute Gasteiger partial charge is 0.151 e. The number of piperidine rings is 1. The third kappa shape index (κ3) is 4.09. The summed E-state index contributed by atoms with van der Waals surface area (Å²) in [6.07, 6.45) is 5.91. The van der Waals surface area contributed by atoms with Gasteiger partial charge in [-0.25, -0.2) is 0 Å². The summed E-state index contributed by atoms with van der Waals surface area (Å²) in [5, 5.41) is 19.3. The number of nitrogens with zero attached hydrogens (tertiary/aromatic N) is 4. The van der Waals surface area contributed by atoms with Crippen LogP contribution in [0.15, 0.2) is 48.8 Å². The second-order valence-corrected chi connectivity index (χ2v) is 6.75. The number of anilines is 1. The van der Waals surface area contributed by atoms with Gasteiger partial charge in [0.15, 0.2) is 5.82 Å². The van der Waals surface area contributed by atoms with E-state index >= 15 is 0 Å². The Morgan fingerprint density at radius 2 is 2.15 bits per heavy atom. The van der Waals surface area contributed by atoms with Crippen LogP contribution in [0.1, 0.15) is 18.4 Å². The Balaban J connectivity index is 1.40. The predicted molar refractivity (Wildman–Crippen MR) is 105 cm³/mol. The fourth-order valence-corrected chi connectivity index (χ4v) is 3.52. The molecule has 1 aromatic carbocycles. The minimum atomic E-state index is 0.416. The highest BCUT2D eigenvalue weighted by atomic mass is 16.5. The first-order chi connectivity index (χ1) is 13.3. The molecule has 1 atom stereocenters. The molecule has 0 spiro atoms. The second-order valence-electron chi connectivity index (χ2n) is 6.75. The number of rotatable bonds is 6. The van der Waals surface area contributed by atoms with Crippen LogP contribution >= 0.6 is 0 Å². The number of benzene rings is 1. The normalized spacial score (nSPS) is 17.1. The lowest BCUT2D eigenvalue weighted by atomic mass is 10.0. The van der Waals surface area contributed by atoms with Gasteiger partial charge in [0.25, 0.3) is 0 Å². The van der Waals surface area contributed by atoms with Crippen molar-refractivity contribution in [1.82, 2.24) is 25.7 Å². The third-order valence-electron chi connectivity index (χ3n) is 4.98. The third-order valence-corrected chi connectivity index (χ3v) is 4.98. The molecular weight excluding hydrogens is 340 g/mol. The van der Waals surface area contributed by atoms with Crippen molar-refractivity contribution in [2.75, 3.05) is 25.1 Å². The van der Waals surface area contributed by atoms with Crippen molar-refractivity contribution >= 4 is 5.82 Å². The van der Waals surface area contributed by atoms with Gasteiger partial charge in [0.1, 0.15) is 5.75 Å². The van der Waals surface area contributed by atoms with Gasteiger partial charge in [0.05, 0.1) is 19.0 Å². The molecule has 0 aliphatic carbocycles. The van der Waals surface area contributed by atoms with Crippen LogP contribution in [0, 0.1) is 0 Å². The Labute approximate surface area is 158 Å². The topological polar surface area (TPSA) is 79.0 Å². The summed E-state index contributed by atoms with van der Waals surface area (Å²) < 4.78 is 5.24. The largest absolute Gasteiger partial charge is 0.497 e. The van der Waals surface area contributed by atoms with Crippen molar-refractivity contribution in [3.8, 4) is 17.0 Å². The van der Waals surface area contributed by atoms with Crippen LogP contribution in [-0.4, -0.2) is 46.6 Å². The van der Waals surface area contributed by atoms with Crippen molar-refractivity contribution in [3.05, 3.63) is 54.4 Å². The van der Waals surface area contributed by atoms with Crippen LogP contribution in [0.5, 0.6) is 5.75 Å². The summed E-state index contributed by atoms with van der Waals surface area (Å²) in [6.45, 7) is 2.74. The molecule has 27 heavy (non-hydrogen) atoms. The molecule has 0 saturated carbocycles. The zero-order valence-electron chi connectivity index (χ0n) is 15.4. The molecule has 3 aromatic rings. The van der Waals surface area contributed by atoms with Gasteiger partial charge in [-0.2, -0.15) is 10.2 Å². The highest BCUT2D eigenvalue weighted by molar-refractivity contribution is 5.63. The molecule has 0 radical (unpaired) electrons. The van der Waals surface area contributed by atoms with Gasteiger partial charge in [-0.3, -0.25) is 5.10 Å². The van der Waals surface area contributed by atoms with Gasteiger partial charge in [-0.15, -0.1) is 5.10 Å². The minimum absolute atomic E-state index is 0.416. The van der Waals surface area contributed by atoms with E-state index in [1.165, 1.54) is 0 Å². The van der Waals surface area contributed by atoms with E-state index in [1.807, 2.05) is 42.6 Å². The van der Waals surface area contributed by atoms with Gasteiger partial charge in [0, 0.05) is 43.0 Å². The predicted octanol–water partition coefficient (Wildman–Crippen LogP) is 2.63. The summed E-state index contributed by atoms with van der Waals surface area (Å²) in [5.41, 5.74) is 3.32. The van der Waals surface area contributed by atoms with Crippen LogP contribution in [0.3, 0.4) is 0 Å². The van der Waals surface area contributed by atoms with Gasteiger partial charge >= 0.3 is 0 Å². The van der Waals surface area contributed by atoms with Crippen LogP contribution in [-0.2, 0) is 6.54 Å². The number of hydrogen-bond donors (Lipinski definition) is 2. The van der Waals surface area contributed by atoms with E-state index in [1.54, 1.807) is 13.3 Å². The lowest BCUT2D eigenvalue weighted by Gasteiger charge is -2.33. The minimum Gasteiger partial charge on any atom is -0.497 e. The molecule has 2 N–H and O–H groups in total. The molecule has 7 nitrogen and oxygen atoms in total. The summed E-state index contributed by atoms with van der Waals surface area (Å²) in [4.78, 5) is 2.30. The van der Waals surface area contributed by atoms with E-state index in [-0.39, 0.29) is 0 Å². The Morgan fingerprint density at radius 3 is 2.93 bits per heavy atom. The molecule has 1 fully saturated rings. The Hall–Kier alpha value is -2.93. The summed E-state index contributed by atoms with van der Waals surface area (Å²) >= 11 is 0. The van der Waals surface area contributed by atoms with Crippen molar-refractivity contribution in [2.45, 2.75) is 25.4 Å². The van der Waals surface area contributed by atoms with Crippen molar-refractivity contribution < 1.29 is 4.74 Å². The van der Waals surface area contributed by atoms with E-state index in [4.69, 9.17) is 4.74 Å². The maximum atomic E-state index is 5.24. The molecule has 7 heteroatoms. The van der Waals surface area contributed by atoms with Gasteiger partial charge in [-0.05, 0) is 49.2 Å². The fourth-order valence-electron chi connectivity index (χ4n) is 3.52. The molecule has 3 heterocycles. The summed E-state index contributed by atoms with van der Waals surface area (Å²) in [7, 11) is 1.68. The standard InChI is InChI=1S/C20H24N6O/c1-27-18-8-6-15(7-9-18)20-16(13-23-25-20)12-21-17-4-3-11-26(14-17)19-5-2-10-22-24-19/h2,5-10,13,17,21H,3-4,11-12,14H2,1H3,(H,23,25)/t17-/m1/s1. The summed E-state index contributed by atoms with van der Waals surface area (Å²) in [6, 6.07) is 12.4. The number of aromatic amines is 1. The first-order valence-corrected chi connectivity index (χ1v) is 9.26. The lowest BCUT2D eigenvalue weighted by Crippen LogP contribution is -2.45. The van der Waals surface area contributed by atoms with Crippen LogP contribution < -0.4 is 15.0 Å². The van der Waals surface area contributed by atoms with Crippen molar-refractivity contribution in [3.63, 3.8) is 0 Å². The van der Waals surface area contributed by atoms with E-state index in [9.17, 15) is 0 Å². The maximum Gasteiger partial charge on any atom is 0.151 e. The number of H-pyrrole nitrogens is 1. The molecule has 2 aromatic heterocycles. The molecular formula is C20H24N6O. The van der Waals surface area contributed by atoms with Crippen molar-refractivity contribution in [2.24, 2.45) is 0 Å². The number of nitrogens with one attached hydrogen (secondary N) is 2. The van der Waals surface area contributed by atoms with Gasteiger partial charge in [0.2, 0.25) is 0 Å². The zero-order chi connectivity index (χ0) is 18.5. The fraction of sp³-hybridized carbons (Fsp3) is 0.350. The highest BCUT2D eigenvalue weighted by Crippen LogP contribution is 2.24. The van der Waals surface area contributed by atoms with E-state index in [2.05, 4.69) is 30.6 Å². The second kappa shape index (κ2) is 8.18. The molecule has 1 aliphatic rings. The average Bonchev–Trinajstić information content (AvgIpc) is 3.22. The van der Waals surface area contributed by atoms with E-state index in [0.717, 1.165) is 60.9 Å². The molecule has 140 valence electrons. The number of aromatic nitrogens is 4. The Bertz CT molecular complexity index is 848. The SMILES string of the molecule is COc1ccc(-c2[nH]ncc2CN[C@@H]2CCCN(c3cccnn3)C2)cc1. The molecule has 0 bridgehead atoms. The summed E-state index contributed by atoms with van der Waals surface area (Å²) in [5.74, 6) is 1.80. The highest BCUT2D eigenvalue weighted by Gasteiger charge is 2.21. The van der Waals surface area contributed by atoms with E-state index < -0.39 is 0 Å². The van der Waals surface area contributed by atoms with Gasteiger partial charge < -0.3 is 15.0 Å². The first-order valence-electron chi connectivity index (χ1n) is 9.26. The number of hydrogen-bond acceptors (Lipinski definition) is 6.